The van der Waals surface area contributed by atoms with E-state index in [0.717, 1.165) is 43.0 Å². The molecule has 0 saturated carbocycles. The van der Waals surface area contributed by atoms with Crippen molar-refractivity contribution >= 4 is 11.7 Å². The Balaban J connectivity index is 1.57. The number of rotatable bonds is 4. The topological polar surface area (TPSA) is 63.1 Å². The Morgan fingerprint density at radius 2 is 2.26 bits per heavy atom. The van der Waals surface area contributed by atoms with Gasteiger partial charge in [0, 0.05) is 31.0 Å². The number of aromatic nitrogens is 3. The van der Waals surface area contributed by atoms with E-state index in [2.05, 4.69) is 20.3 Å². The van der Waals surface area contributed by atoms with Gasteiger partial charge < -0.3 is 10.2 Å². The fraction of sp³-hybridized carbons (Fsp3) is 0.471. The first-order valence-corrected chi connectivity index (χ1v) is 8.07. The number of carbonyl (C=O) groups excluding carboxylic acids is 1. The molecule has 23 heavy (non-hydrogen) atoms. The van der Waals surface area contributed by atoms with Crippen LogP contribution in [0.25, 0.3) is 0 Å². The molecule has 6 nitrogen and oxygen atoms in total. The first-order chi connectivity index (χ1) is 11.1. The Hall–Kier alpha value is -2.37. The van der Waals surface area contributed by atoms with Crippen LogP contribution in [0.15, 0.2) is 30.6 Å². The van der Waals surface area contributed by atoms with Crippen molar-refractivity contribution in [3.63, 3.8) is 0 Å². The third kappa shape index (κ3) is 4.09. The molecule has 1 aliphatic heterocycles. The van der Waals surface area contributed by atoms with Crippen molar-refractivity contribution in [3.8, 4) is 0 Å². The van der Waals surface area contributed by atoms with Crippen molar-refractivity contribution in [3.05, 3.63) is 41.9 Å². The smallest absolute Gasteiger partial charge is 0.242 e. The van der Waals surface area contributed by atoms with E-state index in [-0.39, 0.29) is 18.5 Å². The van der Waals surface area contributed by atoms with Crippen LogP contribution >= 0.6 is 0 Å². The highest BCUT2D eigenvalue weighted by Crippen LogP contribution is 2.18. The molecule has 3 rings (SSSR count). The fourth-order valence-corrected chi connectivity index (χ4v) is 2.98. The van der Waals surface area contributed by atoms with Gasteiger partial charge in [0.1, 0.15) is 12.4 Å². The number of amides is 1. The molecule has 1 aliphatic rings. The lowest BCUT2D eigenvalue weighted by atomic mass is 10.1. The molecule has 2 aromatic rings. The van der Waals surface area contributed by atoms with Crippen LogP contribution in [0, 0.1) is 13.8 Å². The highest BCUT2D eigenvalue weighted by Gasteiger charge is 2.22. The fourth-order valence-electron chi connectivity index (χ4n) is 2.98. The monoisotopic (exact) mass is 313 g/mol. The van der Waals surface area contributed by atoms with Gasteiger partial charge in [-0.15, -0.1) is 0 Å². The van der Waals surface area contributed by atoms with Gasteiger partial charge in [0.25, 0.3) is 0 Å². The number of piperidine rings is 1. The SMILES string of the molecule is Cc1cnn(CC(=O)N[C@@H]2CCCN(c3cccc(C)n3)C2)c1. The molecule has 0 spiro atoms. The molecule has 0 aliphatic carbocycles. The van der Waals surface area contributed by atoms with E-state index in [4.69, 9.17) is 0 Å². The first-order valence-electron chi connectivity index (χ1n) is 8.07. The Morgan fingerprint density at radius 1 is 1.39 bits per heavy atom. The second-order valence-electron chi connectivity index (χ2n) is 6.21. The van der Waals surface area contributed by atoms with Crippen LogP contribution in [0.1, 0.15) is 24.1 Å². The Kier molecular flexibility index (Phi) is 4.60. The Bertz CT molecular complexity index is 681. The van der Waals surface area contributed by atoms with Crippen molar-refractivity contribution in [2.75, 3.05) is 18.0 Å². The van der Waals surface area contributed by atoms with Crippen molar-refractivity contribution < 1.29 is 4.79 Å². The van der Waals surface area contributed by atoms with Gasteiger partial charge in [0.15, 0.2) is 0 Å². The average Bonchev–Trinajstić information content (AvgIpc) is 2.92. The summed E-state index contributed by atoms with van der Waals surface area (Å²) in [6.07, 6.45) is 5.70. The molecule has 1 fully saturated rings. The second-order valence-corrected chi connectivity index (χ2v) is 6.21. The summed E-state index contributed by atoms with van der Waals surface area (Å²) in [6, 6.07) is 6.22. The zero-order valence-electron chi connectivity index (χ0n) is 13.7. The van der Waals surface area contributed by atoms with E-state index < -0.39 is 0 Å². The van der Waals surface area contributed by atoms with E-state index in [9.17, 15) is 4.79 Å². The Morgan fingerprint density at radius 3 is 3.00 bits per heavy atom. The van der Waals surface area contributed by atoms with Crippen LogP contribution in [0.5, 0.6) is 0 Å². The summed E-state index contributed by atoms with van der Waals surface area (Å²) in [5.74, 6) is 1.00. The third-order valence-corrected chi connectivity index (χ3v) is 4.05. The molecule has 1 atom stereocenters. The van der Waals surface area contributed by atoms with Gasteiger partial charge in [0.05, 0.1) is 6.20 Å². The van der Waals surface area contributed by atoms with Crippen LogP contribution in [0.3, 0.4) is 0 Å². The van der Waals surface area contributed by atoms with Gasteiger partial charge in [-0.3, -0.25) is 9.48 Å². The lowest BCUT2D eigenvalue weighted by Gasteiger charge is -2.34. The number of nitrogens with one attached hydrogen (secondary N) is 1. The van der Waals surface area contributed by atoms with Gasteiger partial charge >= 0.3 is 0 Å². The van der Waals surface area contributed by atoms with Crippen LogP contribution in [0.2, 0.25) is 0 Å². The number of nitrogens with zero attached hydrogens (tertiary/aromatic N) is 4. The van der Waals surface area contributed by atoms with Gasteiger partial charge in [-0.25, -0.2) is 4.98 Å². The van der Waals surface area contributed by atoms with Crippen LogP contribution in [-0.4, -0.2) is 39.8 Å². The molecule has 0 unspecified atom stereocenters. The molecule has 3 heterocycles. The summed E-state index contributed by atoms with van der Waals surface area (Å²) in [5, 5.41) is 7.28. The molecule has 122 valence electrons. The third-order valence-electron chi connectivity index (χ3n) is 4.05. The summed E-state index contributed by atoms with van der Waals surface area (Å²) in [7, 11) is 0. The zero-order chi connectivity index (χ0) is 16.2. The van der Waals surface area contributed by atoms with E-state index >= 15 is 0 Å². The van der Waals surface area contributed by atoms with Crippen LogP contribution < -0.4 is 10.2 Å². The van der Waals surface area contributed by atoms with Gasteiger partial charge in [-0.1, -0.05) is 6.07 Å². The summed E-state index contributed by atoms with van der Waals surface area (Å²) < 4.78 is 1.67. The van der Waals surface area contributed by atoms with E-state index in [0.29, 0.717) is 0 Å². The first kappa shape index (κ1) is 15.5. The zero-order valence-corrected chi connectivity index (χ0v) is 13.7. The minimum Gasteiger partial charge on any atom is -0.355 e. The number of hydrogen-bond acceptors (Lipinski definition) is 4. The number of aryl methyl sites for hydroxylation is 2. The standard InChI is InChI=1S/C17H23N5O/c1-13-9-18-22(10-13)12-17(23)20-15-6-4-8-21(11-15)16-7-3-5-14(2)19-16/h3,5,7,9-10,15H,4,6,8,11-12H2,1-2H3,(H,20,23)/t15-/m1/s1. The summed E-state index contributed by atoms with van der Waals surface area (Å²) >= 11 is 0. The van der Waals surface area contributed by atoms with Crippen molar-refractivity contribution in [2.45, 2.75) is 39.3 Å². The molecule has 1 amide bonds. The average molecular weight is 313 g/mol. The largest absolute Gasteiger partial charge is 0.355 e. The molecule has 1 saturated heterocycles. The molecule has 0 radical (unpaired) electrons. The minimum absolute atomic E-state index is 0.0113. The molecule has 0 bridgehead atoms. The number of carbonyl (C=O) groups is 1. The second kappa shape index (κ2) is 6.81. The predicted molar refractivity (Wildman–Crippen MR) is 89.3 cm³/mol. The highest BCUT2D eigenvalue weighted by molar-refractivity contribution is 5.76. The molecule has 0 aromatic carbocycles. The lowest BCUT2D eigenvalue weighted by molar-refractivity contribution is -0.122. The van der Waals surface area contributed by atoms with Gasteiger partial charge in [0.2, 0.25) is 5.91 Å². The Labute approximate surface area is 136 Å². The number of hydrogen-bond donors (Lipinski definition) is 1. The molecular weight excluding hydrogens is 290 g/mol. The lowest BCUT2D eigenvalue weighted by Crippen LogP contribution is -2.48. The van der Waals surface area contributed by atoms with Crippen LogP contribution in [-0.2, 0) is 11.3 Å². The summed E-state index contributed by atoms with van der Waals surface area (Å²) in [4.78, 5) is 19.0. The molecule has 6 heteroatoms. The van der Waals surface area contributed by atoms with Crippen molar-refractivity contribution in [1.29, 1.82) is 0 Å². The molecule has 2 aromatic heterocycles. The van der Waals surface area contributed by atoms with Gasteiger partial charge in [-0.05, 0) is 44.4 Å². The van der Waals surface area contributed by atoms with Crippen molar-refractivity contribution in [1.82, 2.24) is 20.1 Å². The maximum atomic E-state index is 12.2. The summed E-state index contributed by atoms with van der Waals surface area (Å²) in [6.45, 7) is 6.03. The minimum atomic E-state index is 0.0113. The van der Waals surface area contributed by atoms with Crippen molar-refractivity contribution in [2.24, 2.45) is 0 Å². The number of pyridine rings is 1. The molecule has 1 N–H and O–H groups in total. The highest BCUT2D eigenvalue weighted by atomic mass is 16.2. The van der Waals surface area contributed by atoms with E-state index in [1.165, 1.54) is 0 Å². The van der Waals surface area contributed by atoms with E-state index in [1.807, 2.05) is 38.2 Å². The van der Waals surface area contributed by atoms with Crippen LogP contribution in [0.4, 0.5) is 5.82 Å². The quantitative estimate of drug-likeness (QED) is 0.933. The normalized spacial score (nSPS) is 18.0. The molecular formula is C17H23N5O. The maximum Gasteiger partial charge on any atom is 0.242 e. The summed E-state index contributed by atoms with van der Waals surface area (Å²) in [5.41, 5.74) is 2.08. The predicted octanol–water partition coefficient (Wildman–Crippen LogP) is 1.68. The van der Waals surface area contributed by atoms with Gasteiger partial charge in [-0.2, -0.15) is 5.10 Å². The maximum absolute atomic E-state index is 12.2. The van der Waals surface area contributed by atoms with E-state index in [1.54, 1.807) is 10.9 Å². The number of anilines is 1.